The maximum Gasteiger partial charge on any atom is 0.137 e. The van der Waals surface area contributed by atoms with Gasteiger partial charge in [-0.1, -0.05) is 42.5 Å². The first-order valence-electron chi connectivity index (χ1n) is 6.95. The monoisotopic (exact) mass is 333 g/mol. The Morgan fingerprint density at radius 1 is 0.950 bits per heavy atom. The van der Waals surface area contributed by atoms with Crippen molar-refractivity contribution in [2.45, 2.75) is 25.8 Å². The minimum atomic E-state index is 0.499. The standard InChI is InChI=1S/C17H20BrNO/c18-16-11-6-10-15(13-19)17(16)20-12-5-4-9-14-7-2-1-3-8-14/h1-3,6-8,10-11H,4-5,9,12-13,19H2. The van der Waals surface area contributed by atoms with Crippen LogP contribution in [0.2, 0.25) is 0 Å². The van der Waals surface area contributed by atoms with Crippen molar-refractivity contribution in [3.8, 4) is 5.75 Å². The van der Waals surface area contributed by atoms with Gasteiger partial charge in [0.25, 0.3) is 0 Å². The zero-order valence-corrected chi connectivity index (χ0v) is 13.1. The highest BCUT2D eigenvalue weighted by molar-refractivity contribution is 9.10. The number of hydrogen-bond acceptors (Lipinski definition) is 2. The fourth-order valence-corrected chi connectivity index (χ4v) is 2.65. The lowest BCUT2D eigenvalue weighted by molar-refractivity contribution is 0.302. The Kier molecular flexibility index (Phi) is 6.09. The average Bonchev–Trinajstić information content (AvgIpc) is 2.49. The first-order valence-corrected chi connectivity index (χ1v) is 7.74. The molecule has 0 aliphatic carbocycles. The van der Waals surface area contributed by atoms with Gasteiger partial charge in [0.05, 0.1) is 11.1 Å². The molecule has 106 valence electrons. The van der Waals surface area contributed by atoms with Crippen molar-refractivity contribution in [1.82, 2.24) is 0 Å². The van der Waals surface area contributed by atoms with Gasteiger partial charge in [-0.15, -0.1) is 0 Å². The molecule has 0 atom stereocenters. The molecule has 2 N–H and O–H groups in total. The molecule has 0 bridgehead atoms. The van der Waals surface area contributed by atoms with Crippen molar-refractivity contribution in [2.24, 2.45) is 5.73 Å². The second kappa shape index (κ2) is 8.08. The zero-order chi connectivity index (χ0) is 14.2. The number of para-hydroxylation sites is 1. The van der Waals surface area contributed by atoms with Crippen LogP contribution in [-0.2, 0) is 13.0 Å². The lowest BCUT2D eigenvalue weighted by Crippen LogP contribution is -2.04. The van der Waals surface area contributed by atoms with E-state index in [1.54, 1.807) is 0 Å². The van der Waals surface area contributed by atoms with Gasteiger partial charge in [0.15, 0.2) is 0 Å². The highest BCUT2D eigenvalue weighted by atomic mass is 79.9. The summed E-state index contributed by atoms with van der Waals surface area (Å²) in [6.07, 6.45) is 3.27. The topological polar surface area (TPSA) is 35.2 Å². The maximum absolute atomic E-state index is 5.87. The van der Waals surface area contributed by atoms with E-state index in [-0.39, 0.29) is 0 Å². The number of ether oxygens (including phenoxy) is 1. The van der Waals surface area contributed by atoms with E-state index in [0.717, 1.165) is 41.7 Å². The van der Waals surface area contributed by atoms with E-state index in [4.69, 9.17) is 10.5 Å². The average molecular weight is 334 g/mol. The lowest BCUT2D eigenvalue weighted by atomic mass is 10.1. The van der Waals surface area contributed by atoms with Crippen molar-refractivity contribution >= 4 is 15.9 Å². The van der Waals surface area contributed by atoms with E-state index in [1.807, 2.05) is 24.3 Å². The van der Waals surface area contributed by atoms with Gasteiger partial charge < -0.3 is 10.5 Å². The van der Waals surface area contributed by atoms with Crippen LogP contribution in [0, 0.1) is 0 Å². The van der Waals surface area contributed by atoms with Gasteiger partial charge in [-0.25, -0.2) is 0 Å². The second-order valence-electron chi connectivity index (χ2n) is 4.72. The van der Waals surface area contributed by atoms with Crippen molar-refractivity contribution in [2.75, 3.05) is 6.61 Å². The Labute approximate surface area is 129 Å². The van der Waals surface area contributed by atoms with Crippen molar-refractivity contribution in [1.29, 1.82) is 0 Å². The van der Waals surface area contributed by atoms with Crippen LogP contribution in [0.3, 0.4) is 0 Å². The lowest BCUT2D eigenvalue weighted by Gasteiger charge is -2.12. The molecule has 0 saturated heterocycles. The molecule has 0 saturated carbocycles. The summed E-state index contributed by atoms with van der Waals surface area (Å²) in [5, 5.41) is 0. The van der Waals surface area contributed by atoms with Crippen LogP contribution >= 0.6 is 15.9 Å². The molecule has 0 radical (unpaired) electrons. The normalized spacial score (nSPS) is 10.5. The number of rotatable bonds is 7. The molecular formula is C17H20BrNO. The Morgan fingerprint density at radius 3 is 2.50 bits per heavy atom. The fraction of sp³-hybridized carbons (Fsp3) is 0.294. The van der Waals surface area contributed by atoms with Crippen LogP contribution in [0.25, 0.3) is 0 Å². The molecule has 0 heterocycles. The predicted octanol–water partition coefficient (Wildman–Crippen LogP) is 4.31. The van der Waals surface area contributed by atoms with Crippen molar-refractivity contribution < 1.29 is 4.74 Å². The highest BCUT2D eigenvalue weighted by Crippen LogP contribution is 2.28. The largest absolute Gasteiger partial charge is 0.492 e. The SMILES string of the molecule is NCc1cccc(Br)c1OCCCCc1ccccc1. The van der Waals surface area contributed by atoms with E-state index in [0.29, 0.717) is 6.54 Å². The van der Waals surface area contributed by atoms with Crippen molar-refractivity contribution in [3.05, 3.63) is 64.1 Å². The van der Waals surface area contributed by atoms with Crippen LogP contribution in [0.5, 0.6) is 5.75 Å². The van der Waals surface area contributed by atoms with Gasteiger partial charge in [0.1, 0.15) is 5.75 Å². The number of unbranched alkanes of at least 4 members (excludes halogenated alkanes) is 1. The van der Waals surface area contributed by atoms with Crippen LogP contribution in [-0.4, -0.2) is 6.61 Å². The summed E-state index contributed by atoms with van der Waals surface area (Å²) < 4.78 is 6.85. The summed E-state index contributed by atoms with van der Waals surface area (Å²) in [7, 11) is 0. The first-order chi connectivity index (χ1) is 9.81. The number of halogens is 1. The fourth-order valence-electron chi connectivity index (χ4n) is 2.13. The quantitative estimate of drug-likeness (QED) is 0.766. The smallest absolute Gasteiger partial charge is 0.137 e. The Balaban J connectivity index is 1.76. The van der Waals surface area contributed by atoms with Gasteiger partial charge in [0.2, 0.25) is 0 Å². The molecule has 2 aromatic carbocycles. The summed E-state index contributed by atoms with van der Waals surface area (Å²) in [5.74, 6) is 0.884. The number of aryl methyl sites for hydroxylation is 1. The molecule has 2 nitrogen and oxygen atoms in total. The molecule has 0 fully saturated rings. The van der Waals surface area contributed by atoms with Crippen LogP contribution in [0.4, 0.5) is 0 Å². The third-order valence-corrected chi connectivity index (χ3v) is 3.84. The van der Waals surface area contributed by atoms with Crippen LogP contribution < -0.4 is 10.5 Å². The van der Waals surface area contributed by atoms with E-state index < -0.39 is 0 Å². The van der Waals surface area contributed by atoms with Crippen molar-refractivity contribution in [3.63, 3.8) is 0 Å². The van der Waals surface area contributed by atoms with Gasteiger partial charge >= 0.3 is 0 Å². The van der Waals surface area contributed by atoms with E-state index >= 15 is 0 Å². The molecule has 0 aliphatic rings. The third kappa shape index (κ3) is 4.36. The highest BCUT2D eigenvalue weighted by Gasteiger charge is 2.06. The summed E-state index contributed by atoms with van der Waals surface area (Å²) in [4.78, 5) is 0. The van der Waals surface area contributed by atoms with Crippen LogP contribution in [0.1, 0.15) is 24.0 Å². The summed E-state index contributed by atoms with van der Waals surface area (Å²) in [5.41, 5.74) is 8.15. The first kappa shape index (κ1) is 15.1. The Morgan fingerprint density at radius 2 is 1.75 bits per heavy atom. The molecule has 0 spiro atoms. The second-order valence-corrected chi connectivity index (χ2v) is 5.58. The molecule has 20 heavy (non-hydrogen) atoms. The molecule has 0 unspecified atom stereocenters. The maximum atomic E-state index is 5.87. The van der Waals surface area contributed by atoms with E-state index in [9.17, 15) is 0 Å². The predicted molar refractivity (Wildman–Crippen MR) is 86.9 cm³/mol. The van der Waals surface area contributed by atoms with Gasteiger partial charge in [0, 0.05) is 12.1 Å². The van der Waals surface area contributed by atoms with Gasteiger partial charge in [-0.3, -0.25) is 0 Å². The van der Waals surface area contributed by atoms with Gasteiger partial charge in [-0.2, -0.15) is 0 Å². The van der Waals surface area contributed by atoms with Crippen LogP contribution in [0.15, 0.2) is 53.0 Å². The number of nitrogens with two attached hydrogens (primary N) is 1. The summed E-state index contributed by atoms with van der Waals surface area (Å²) in [6, 6.07) is 16.5. The number of hydrogen-bond donors (Lipinski definition) is 1. The summed E-state index contributed by atoms with van der Waals surface area (Å²) >= 11 is 3.51. The summed E-state index contributed by atoms with van der Waals surface area (Å²) in [6.45, 7) is 1.22. The van der Waals surface area contributed by atoms with Gasteiger partial charge in [-0.05, 0) is 46.8 Å². The van der Waals surface area contributed by atoms with E-state index in [1.165, 1.54) is 5.56 Å². The molecular weight excluding hydrogens is 314 g/mol. The molecule has 3 heteroatoms. The molecule has 0 aromatic heterocycles. The minimum absolute atomic E-state index is 0.499. The molecule has 0 amide bonds. The minimum Gasteiger partial charge on any atom is -0.492 e. The zero-order valence-electron chi connectivity index (χ0n) is 11.5. The Bertz CT molecular complexity index is 528. The molecule has 2 rings (SSSR count). The van der Waals surface area contributed by atoms with E-state index in [2.05, 4.69) is 40.2 Å². The molecule has 0 aliphatic heterocycles. The third-order valence-electron chi connectivity index (χ3n) is 3.22. The Hall–Kier alpha value is -1.32. The molecule has 2 aromatic rings. The number of benzene rings is 2.